The zero-order valence-electron chi connectivity index (χ0n) is 15.9. The highest BCUT2D eigenvalue weighted by Gasteiger charge is 2.29. The SMILES string of the molecule is CC(C)(C)OC(=O)C(C/C=C/c1ccccc1)C(=O)C#Cc1ccccc1. The van der Waals surface area contributed by atoms with Crippen LogP contribution in [0.1, 0.15) is 38.3 Å². The highest BCUT2D eigenvalue weighted by atomic mass is 16.6. The molecule has 2 aromatic carbocycles. The van der Waals surface area contributed by atoms with Gasteiger partial charge in [-0.2, -0.15) is 0 Å². The summed E-state index contributed by atoms with van der Waals surface area (Å²) < 4.78 is 5.41. The highest BCUT2D eigenvalue weighted by Crippen LogP contribution is 2.16. The summed E-state index contributed by atoms with van der Waals surface area (Å²) in [6.45, 7) is 5.34. The number of esters is 1. The van der Waals surface area contributed by atoms with Crippen molar-refractivity contribution in [1.82, 2.24) is 0 Å². The minimum atomic E-state index is -0.944. The first-order chi connectivity index (χ1) is 12.8. The first kappa shape index (κ1) is 20.2. The first-order valence-electron chi connectivity index (χ1n) is 8.90. The summed E-state index contributed by atoms with van der Waals surface area (Å²) in [6, 6.07) is 18.9. The highest BCUT2D eigenvalue weighted by molar-refractivity contribution is 6.09. The number of allylic oxidation sites excluding steroid dienone is 1. The van der Waals surface area contributed by atoms with Crippen LogP contribution in [0.15, 0.2) is 66.7 Å². The Bertz CT molecular complexity index is 847. The second-order valence-corrected chi connectivity index (χ2v) is 7.12. The average molecular weight is 360 g/mol. The van der Waals surface area contributed by atoms with Crippen LogP contribution in [0.4, 0.5) is 0 Å². The number of hydrogen-bond acceptors (Lipinski definition) is 3. The van der Waals surface area contributed by atoms with Crippen molar-refractivity contribution in [2.24, 2.45) is 5.92 Å². The molecule has 1 unspecified atom stereocenters. The van der Waals surface area contributed by atoms with Gasteiger partial charge in [0.05, 0.1) is 0 Å². The van der Waals surface area contributed by atoms with Crippen LogP contribution in [-0.4, -0.2) is 17.4 Å². The second kappa shape index (κ2) is 9.54. The smallest absolute Gasteiger partial charge is 0.318 e. The molecule has 0 aliphatic carbocycles. The lowest BCUT2D eigenvalue weighted by Crippen LogP contribution is -2.32. The largest absolute Gasteiger partial charge is 0.459 e. The van der Waals surface area contributed by atoms with Crippen LogP contribution < -0.4 is 0 Å². The van der Waals surface area contributed by atoms with Gasteiger partial charge in [0.2, 0.25) is 5.78 Å². The third-order valence-corrected chi connectivity index (χ3v) is 3.59. The third-order valence-electron chi connectivity index (χ3n) is 3.59. The maximum atomic E-state index is 12.6. The van der Waals surface area contributed by atoms with Crippen molar-refractivity contribution >= 4 is 17.8 Å². The van der Waals surface area contributed by atoms with Gasteiger partial charge in [-0.05, 0) is 50.8 Å². The number of hydrogen-bond donors (Lipinski definition) is 0. The van der Waals surface area contributed by atoms with Gasteiger partial charge < -0.3 is 4.74 Å². The fraction of sp³-hybridized carbons (Fsp3) is 0.250. The average Bonchev–Trinajstić information content (AvgIpc) is 2.63. The number of ether oxygens (including phenoxy) is 1. The maximum Gasteiger partial charge on any atom is 0.318 e. The van der Waals surface area contributed by atoms with Crippen LogP contribution in [0.5, 0.6) is 0 Å². The van der Waals surface area contributed by atoms with Crippen molar-refractivity contribution in [3.63, 3.8) is 0 Å². The third kappa shape index (κ3) is 7.33. The Hall–Kier alpha value is -3.12. The number of benzene rings is 2. The quantitative estimate of drug-likeness (QED) is 0.442. The van der Waals surface area contributed by atoms with Gasteiger partial charge in [-0.15, -0.1) is 0 Å². The predicted octanol–water partition coefficient (Wildman–Crippen LogP) is 4.67. The molecule has 2 rings (SSSR count). The zero-order chi connectivity index (χ0) is 19.7. The minimum absolute atomic E-state index is 0.242. The molecule has 0 saturated carbocycles. The van der Waals surface area contributed by atoms with E-state index in [1.165, 1.54) is 0 Å². The van der Waals surface area contributed by atoms with Crippen molar-refractivity contribution in [2.75, 3.05) is 0 Å². The molecule has 0 saturated heterocycles. The summed E-state index contributed by atoms with van der Waals surface area (Å²) in [7, 11) is 0. The minimum Gasteiger partial charge on any atom is -0.459 e. The predicted molar refractivity (Wildman–Crippen MR) is 108 cm³/mol. The van der Waals surface area contributed by atoms with E-state index in [1.807, 2.05) is 72.8 Å². The Morgan fingerprint density at radius 1 is 1.00 bits per heavy atom. The van der Waals surface area contributed by atoms with Crippen LogP contribution in [0.3, 0.4) is 0 Å². The molecule has 0 spiro atoms. The van der Waals surface area contributed by atoms with E-state index >= 15 is 0 Å². The van der Waals surface area contributed by atoms with E-state index in [-0.39, 0.29) is 6.42 Å². The van der Waals surface area contributed by atoms with E-state index in [4.69, 9.17) is 4.74 Å². The molecular weight excluding hydrogens is 336 g/mol. The Morgan fingerprint density at radius 3 is 2.19 bits per heavy atom. The molecule has 3 nitrogen and oxygen atoms in total. The number of ketones is 1. The number of carbonyl (C=O) groups is 2. The van der Waals surface area contributed by atoms with Crippen molar-refractivity contribution in [3.05, 3.63) is 77.9 Å². The molecule has 27 heavy (non-hydrogen) atoms. The van der Waals surface area contributed by atoms with Crippen molar-refractivity contribution in [2.45, 2.75) is 32.8 Å². The van der Waals surface area contributed by atoms with E-state index in [2.05, 4.69) is 11.8 Å². The van der Waals surface area contributed by atoms with Crippen molar-refractivity contribution < 1.29 is 14.3 Å². The molecule has 0 N–H and O–H groups in total. The first-order valence-corrected chi connectivity index (χ1v) is 8.90. The van der Waals surface area contributed by atoms with E-state index in [9.17, 15) is 9.59 Å². The van der Waals surface area contributed by atoms with Crippen molar-refractivity contribution in [3.8, 4) is 11.8 Å². The molecule has 0 radical (unpaired) electrons. The lowest BCUT2D eigenvalue weighted by atomic mass is 9.98. The number of Topliss-reactive ketones (excluding diaryl/α,β-unsaturated/α-hetero) is 1. The topological polar surface area (TPSA) is 43.4 Å². The van der Waals surface area contributed by atoms with Gasteiger partial charge >= 0.3 is 5.97 Å². The molecule has 0 amide bonds. The molecule has 138 valence electrons. The monoisotopic (exact) mass is 360 g/mol. The molecule has 0 bridgehead atoms. The second-order valence-electron chi connectivity index (χ2n) is 7.12. The van der Waals surface area contributed by atoms with Gasteiger partial charge in [-0.3, -0.25) is 9.59 Å². The van der Waals surface area contributed by atoms with E-state index < -0.39 is 23.3 Å². The molecule has 0 aliphatic rings. The van der Waals surface area contributed by atoms with Gasteiger partial charge in [-0.1, -0.05) is 66.6 Å². The Kier molecular flexibility index (Phi) is 7.14. The zero-order valence-corrected chi connectivity index (χ0v) is 15.9. The lowest BCUT2D eigenvalue weighted by Gasteiger charge is -2.22. The maximum absolute atomic E-state index is 12.6. The Morgan fingerprint density at radius 2 is 1.59 bits per heavy atom. The van der Waals surface area contributed by atoms with E-state index in [0.29, 0.717) is 0 Å². The van der Waals surface area contributed by atoms with Gasteiger partial charge in [0.25, 0.3) is 0 Å². The summed E-state index contributed by atoms with van der Waals surface area (Å²) in [4.78, 5) is 25.1. The molecular formula is C24H24O3. The number of rotatable bonds is 5. The summed E-state index contributed by atoms with van der Waals surface area (Å²) in [6.07, 6.45) is 3.94. The molecule has 0 aliphatic heterocycles. The Balaban J connectivity index is 2.16. The van der Waals surface area contributed by atoms with Crippen LogP contribution >= 0.6 is 0 Å². The summed E-state index contributed by atoms with van der Waals surface area (Å²) >= 11 is 0. The van der Waals surface area contributed by atoms with Crippen LogP contribution in [0.25, 0.3) is 6.08 Å². The standard InChI is InChI=1S/C24H24O3/c1-24(2,3)27-23(26)21(16-10-15-19-11-6-4-7-12-19)22(25)18-17-20-13-8-5-9-14-20/h4-15,21H,16H2,1-3H3/b15-10+. The molecule has 0 aromatic heterocycles. The van der Waals surface area contributed by atoms with E-state index in [0.717, 1.165) is 11.1 Å². The molecule has 0 fully saturated rings. The molecule has 2 aromatic rings. The molecule has 1 atom stereocenters. The van der Waals surface area contributed by atoms with Crippen LogP contribution in [0, 0.1) is 17.8 Å². The van der Waals surface area contributed by atoms with Crippen LogP contribution in [0.2, 0.25) is 0 Å². The Labute approximate surface area is 161 Å². The van der Waals surface area contributed by atoms with Crippen molar-refractivity contribution in [1.29, 1.82) is 0 Å². The fourth-order valence-corrected chi connectivity index (χ4v) is 2.33. The van der Waals surface area contributed by atoms with E-state index in [1.54, 1.807) is 20.8 Å². The lowest BCUT2D eigenvalue weighted by molar-refractivity contribution is -0.161. The van der Waals surface area contributed by atoms with Gasteiger partial charge in [0, 0.05) is 5.56 Å². The fourth-order valence-electron chi connectivity index (χ4n) is 2.33. The number of carbonyl (C=O) groups excluding carboxylic acids is 2. The molecule has 0 heterocycles. The normalized spacial score (nSPS) is 12.1. The summed E-state index contributed by atoms with van der Waals surface area (Å²) in [5, 5.41) is 0. The van der Waals surface area contributed by atoms with Gasteiger partial charge in [0.1, 0.15) is 11.5 Å². The summed E-state index contributed by atoms with van der Waals surface area (Å²) in [5.41, 5.74) is 1.07. The molecule has 3 heteroatoms. The van der Waals surface area contributed by atoms with Gasteiger partial charge in [0.15, 0.2) is 0 Å². The summed E-state index contributed by atoms with van der Waals surface area (Å²) in [5.74, 6) is 3.48. The van der Waals surface area contributed by atoms with Crippen LogP contribution in [-0.2, 0) is 14.3 Å². The van der Waals surface area contributed by atoms with Gasteiger partial charge in [-0.25, -0.2) is 0 Å².